The number of aromatic nitrogens is 1. The third-order valence-electron chi connectivity index (χ3n) is 2.17. The molecule has 0 unspecified atom stereocenters. The van der Waals surface area contributed by atoms with Crippen LogP contribution in [0, 0.1) is 6.92 Å². The average Bonchev–Trinajstić information content (AvgIpc) is 2.23. The second kappa shape index (κ2) is 6.10. The fourth-order valence-corrected chi connectivity index (χ4v) is 1.36. The van der Waals surface area contributed by atoms with Crippen LogP contribution in [0.3, 0.4) is 0 Å². The lowest BCUT2D eigenvalue weighted by Crippen LogP contribution is -2.03. The van der Waals surface area contributed by atoms with Crippen molar-refractivity contribution in [2.24, 2.45) is 0 Å². The van der Waals surface area contributed by atoms with Crippen molar-refractivity contribution in [3.8, 4) is 5.88 Å². The molecule has 0 fully saturated rings. The Balaban J connectivity index is 2.62. The van der Waals surface area contributed by atoms with E-state index in [4.69, 9.17) is 9.84 Å². The van der Waals surface area contributed by atoms with E-state index in [-0.39, 0.29) is 5.56 Å². The molecule has 4 nitrogen and oxygen atoms in total. The molecule has 1 aromatic heterocycles. The number of carboxylic acid groups (broad SMARTS) is 1. The van der Waals surface area contributed by atoms with Crippen LogP contribution in [0.5, 0.6) is 5.88 Å². The monoisotopic (exact) mass is 223 g/mol. The van der Waals surface area contributed by atoms with Crippen LogP contribution in [0.2, 0.25) is 0 Å². The number of carbonyl (C=O) groups is 1. The first-order valence-electron chi connectivity index (χ1n) is 5.48. The van der Waals surface area contributed by atoms with Crippen molar-refractivity contribution in [3.63, 3.8) is 0 Å². The van der Waals surface area contributed by atoms with Gasteiger partial charge in [0.2, 0.25) is 5.88 Å². The van der Waals surface area contributed by atoms with Crippen LogP contribution in [0.25, 0.3) is 0 Å². The zero-order valence-electron chi connectivity index (χ0n) is 9.69. The molecule has 0 aromatic carbocycles. The first-order valence-corrected chi connectivity index (χ1v) is 5.48. The van der Waals surface area contributed by atoms with Crippen LogP contribution in [0.4, 0.5) is 0 Å². The Morgan fingerprint density at radius 3 is 2.81 bits per heavy atom. The second-order valence-electron chi connectivity index (χ2n) is 3.70. The Morgan fingerprint density at radius 1 is 1.44 bits per heavy atom. The number of unbranched alkanes of at least 4 members (excludes halogenated alkanes) is 2. The van der Waals surface area contributed by atoms with E-state index in [1.165, 1.54) is 12.1 Å². The highest BCUT2D eigenvalue weighted by molar-refractivity contribution is 5.87. The molecule has 1 rings (SSSR count). The summed E-state index contributed by atoms with van der Waals surface area (Å²) in [7, 11) is 0. The number of ether oxygens (including phenoxy) is 1. The molecule has 4 heteroatoms. The van der Waals surface area contributed by atoms with Crippen LogP contribution in [-0.2, 0) is 0 Å². The molecule has 88 valence electrons. The zero-order chi connectivity index (χ0) is 12.0. The molecule has 16 heavy (non-hydrogen) atoms. The van der Waals surface area contributed by atoms with Gasteiger partial charge in [-0.15, -0.1) is 0 Å². The van der Waals surface area contributed by atoms with E-state index in [1.54, 1.807) is 6.92 Å². The van der Waals surface area contributed by atoms with Crippen LogP contribution < -0.4 is 4.74 Å². The van der Waals surface area contributed by atoms with Gasteiger partial charge < -0.3 is 9.84 Å². The largest absolute Gasteiger partial charge is 0.478 e. The molecule has 0 atom stereocenters. The molecule has 1 heterocycles. The highest BCUT2D eigenvalue weighted by Crippen LogP contribution is 2.13. The van der Waals surface area contributed by atoms with Gasteiger partial charge in [-0.3, -0.25) is 0 Å². The van der Waals surface area contributed by atoms with E-state index in [2.05, 4.69) is 11.9 Å². The molecule has 0 saturated heterocycles. The Kier molecular flexibility index (Phi) is 4.76. The number of aromatic carboxylic acids is 1. The van der Waals surface area contributed by atoms with E-state index >= 15 is 0 Å². The smallest absolute Gasteiger partial charge is 0.335 e. The minimum Gasteiger partial charge on any atom is -0.478 e. The van der Waals surface area contributed by atoms with Gasteiger partial charge in [-0.1, -0.05) is 19.8 Å². The van der Waals surface area contributed by atoms with Crippen molar-refractivity contribution in [3.05, 3.63) is 23.4 Å². The van der Waals surface area contributed by atoms with Gasteiger partial charge in [0.1, 0.15) is 0 Å². The normalized spacial score (nSPS) is 10.1. The molecule has 0 spiro atoms. The molecule has 0 bridgehead atoms. The van der Waals surface area contributed by atoms with Crippen LogP contribution in [0.15, 0.2) is 12.1 Å². The van der Waals surface area contributed by atoms with E-state index < -0.39 is 5.97 Å². The van der Waals surface area contributed by atoms with Crippen molar-refractivity contribution >= 4 is 5.97 Å². The maximum Gasteiger partial charge on any atom is 0.335 e. The van der Waals surface area contributed by atoms with Crippen LogP contribution in [-0.4, -0.2) is 22.7 Å². The number of pyridine rings is 1. The standard InChI is InChI=1S/C12H17NO3/c1-3-4-5-6-16-11-8-10(12(14)15)7-9(2)13-11/h7-8H,3-6H2,1-2H3,(H,14,15). The number of hydrogen-bond acceptors (Lipinski definition) is 3. The minimum absolute atomic E-state index is 0.220. The van der Waals surface area contributed by atoms with E-state index in [1.807, 2.05) is 0 Å². The fourth-order valence-electron chi connectivity index (χ4n) is 1.36. The fraction of sp³-hybridized carbons (Fsp3) is 0.500. The first kappa shape index (κ1) is 12.5. The van der Waals surface area contributed by atoms with Gasteiger partial charge in [0, 0.05) is 11.8 Å². The van der Waals surface area contributed by atoms with E-state index in [0.717, 1.165) is 19.3 Å². The Labute approximate surface area is 95.3 Å². The summed E-state index contributed by atoms with van der Waals surface area (Å²) in [6.45, 7) is 4.46. The minimum atomic E-state index is -0.955. The lowest BCUT2D eigenvalue weighted by molar-refractivity contribution is 0.0696. The molecular weight excluding hydrogens is 206 g/mol. The molecule has 1 N–H and O–H groups in total. The summed E-state index contributed by atoms with van der Waals surface area (Å²) in [5.74, 6) is -0.558. The molecular formula is C12H17NO3. The molecule has 1 aromatic rings. The topological polar surface area (TPSA) is 59.4 Å². The summed E-state index contributed by atoms with van der Waals surface area (Å²) in [4.78, 5) is 14.9. The van der Waals surface area contributed by atoms with Gasteiger partial charge >= 0.3 is 5.97 Å². The van der Waals surface area contributed by atoms with Gasteiger partial charge in [0.25, 0.3) is 0 Å². The number of hydrogen-bond donors (Lipinski definition) is 1. The lowest BCUT2D eigenvalue weighted by Gasteiger charge is -2.06. The predicted molar refractivity (Wildman–Crippen MR) is 61.0 cm³/mol. The van der Waals surface area contributed by atoms with E-state index in [0.29, 0.717) is 18.2 Å². The lowest BCUT2D eigenvalue weighted by atomic mass is 10.2. The summed E-state index contributed by atoms with van der Waals surface area (Å²) in [5.41, 5.74) is 0.878. The van der Waals surface area contributed by atoms with E-state index in [9.17, 15) is 4.79 Å². The van der Waals surface area contributed by atoms with Crippen LogP contribution >= 0.6 is 0 Å². The second-order valence-corrected chi connectivity index (χ2v) is 3.70. The third-order valence-corrected chi connectivity index (χ3v) is 2.17. The van der Waals surface area contributed by atoms with Crippen molar-refractivity contribution in [2.45, 2.75) is 33.1 Å². The molecule has 0 saturated carbocycles. The van der Waals surface area contributed by atoms with Crippen molar-refractivity contribution < 1.29 is 14.6 Å². The molecule has 0 radical (unpaired) electrons. The maximum atomic E-state index is 10.8. The summed E-state index contributed by atoms with van der Waals surface area (Å²) >= 11 is 0. The Bertz CT molecular complexity index is 363. The number of nitrogens with zero attached hydrogens (tertiary/aromatic N) is 1. The number of aryl methyl sites for hydroxylation is 1. The van der Waals surface area contributed by atoms with Gasteiger partial charge in [-0.05, 0) is 19.4 Å². The summed E-state index contributed by atoms with van der Waals surface area (Å²) < 4.78 is 5.41. The van der Waals surface area contributed by atoms with Crippen molar-refractivity contribution in [1.29, 1.82) is 0 Å². The molecule has 0 aliphatic rings. The number of carboxylic acids is 1. The summed E-state index contributed by atoms with van der Waals surface area (Å²) in [5, 5.41) is 8.86. The maximum absolute atomic E-state index is 10.8. The van der Waals surface area contributed by atoms with Gasteiger partial charge in [-0.25, -0.2) is 9.78 Å². The highest BCUT2D eigenvalue weighted by Gasteiger charge is 2.07. The highest BCUT2D eigenvalue weighted by atomic mass is 16.5. The third kappa shape index (κ3) is 3.88. The molecule has 0 aliphatic heterocycles. The first-order chi connectivity index (χ1) is 7.63. The van der Waals surface area contributed by atoms with Gasteiger partial charge in [0.15, 0.2) is 0 Å². The average molecular weight is 223 g/mol. The molecule has 0 amide bonds. The molecule has 0 aliphatic carbocycles. The predicted octanol–water partition coefficient (Wildman–Crippen LogP) is 2.66. The van der Waals surface area contributed by atoms with Crippen LogP contribution in [0.1, 0.15) is 42.2 Å². The van der Waals surface area contributed by atoms with Gasteiger partial charge in [0.05, 0.1) is 12.2 Å². The summed E-state index contributed by atoms with van der Waals surface area (Å²) in [6.07, 6.45) is 3.21. The van der Waals surface area contributed by atoms with Crippen molar-refractivity contribution in [2.75, 3.05) is 6.61 Å². The Morgan fingerprint density at radius 2 is 2.19 bits per heavy atom. The Hall–Kier alpha value is -1.58. The van der Waals surface area contributed by atoms with Gasteiger partial charge in [-0.2, -0.15) is 0 Å². The van der Waals surface area contributed by atoms with Crippen molar-refractivity contribution in [1.82, 2.24) is 4.98 Å². The zero-order valence-corrected chi connectivity index (χ0v) is 9.69. The summed E-state index contributed by atoms with van der Waals surface area (Å²) in [6, 6.07) is 2.99. The number of rotatable bonds is 6. The SMILES string of the molecule is CCCCCOc1cc(C(=O)O)cc(C)n1. The quantitative estimate of drug-likeness (QED) is 0.753.